The summed E-state index contributed by atoms with van der Waals surface area (Å²) in [6, 6.07) is 16.2. The van der Waals surface area contributed by atoms with Crippen molar-refractivity contribution in [2.24, 2.45) is 0 Å². The first-order valence-electron chi connectivity index (χ1n) is 9.68. The van der Waals surface area contributed by atoms with E-state index in [2.05, 4.69) is 10.2 Å². The molecule has 0 aliphatic rings. The minimum absolute atomic E-state index is 0.0588. The van der Waals surface area contributed by atoms with Crippen molar-refractivity contribution >= 4 is 29.1 Å². The molecule has 0 fully saturated rings. The topological polar surface area (TPSA) is 79.4 Å². The van der Waals surface area contributed by atoms with E-state index in [9.17, 15) is 4.79 Å². The van der Waals surface area contributed by atoms with Crippen LogP contribution >= 0.6 is 23.4 Å². The predicted molar refractivity (Wildman–Crippen MR) is 123 cm³/mol. The lowest BCUT2D eigenvalue weighted by atomic mass is 10.1. The number of halogens is 1. The van der Waals surface area contributed by atoms with Gasteiger partial charge in [0.2, 0.25) is 0 Å². The van der Waals surface area contributed by atoms with Gasteiger partial charge in [-0.15, -0.1) is 10.2 Å². The summed E-state index contributed by atoms with van der Waals surface area (Å²) in [7, 11) is 3.09. The van der Waals surface area contributed by atoms with Crippen molar-refractivity contribution in [1.82, 2.24) is 14.8 Å². The SMILES string of the molecule is COc1ccc(C(=O)CSc2nnc(-c3ccc(Cl)cc3)n2Cc2ccco2)cc1OC. The number of carbonyl (C=O) groups is 1. The normalized spacial score (nSPS) is 10.8. The largest absolute Gasteiger partial charge is 0.493 e. The number of hydrogen-bond acceptors (Lipinski definition) is 7. The molecule has 32 heavy (non-hydrogen) atoms. The van der Waals surface area contributed by atoms with E-state index in [1.54, 1.807) is 43.7 Å². The molecule has 4 rings (SSSR count). The van der Waals surface area contributed by atoms with Gasteiger partial charge in [0.15, 0.2) is 28.3 Å². The number of benzene rings is 2. The van der Waals surface area contributed by atoms with E-state index in [1.165, 1.54) is 18.9 Å². The number of Topliss-reactive ketones (excluding diaryl/α,β-unsaturated/α-hetero) is 1. The summed E-state index contributed by atoms with van der Waals surface area (Å²) in [5, 5.41) is 9.93. The number of carbonyl (C=O) groups excluding carboxylic acids is 1. The lowest BCUT2D eigenvalue weighted by Gasteiger charge is -2.10. The van der Waals surface area contributed by atoms with Crippen molar-refractivity contribution in [1.29, 1.82) is 0 Å². The Kier molecular flexibility index (Phi) is 6.82. The molecule has 7 nitrogen and oxygen atoms in total. The number of hydrogen-bond donors (Lipinski definition) is 0. The van der Waals surface area contributed by atoms with Gasteiger partial charge in [0, 0.05) is 16.1 Å². The Hall–Kier alpha value is -3.23. The van der Waals surface area contributed by atoms with Crippen LogP contribution in [0.25, 0.3) is 11.4 Å². The highest BCUT2D eigenvalue weighted by Gasteiger charge is 2.18. The van der Waals surface area contributed by atoms with E-state index in [4.69, 9.17) is 25.5 Å². The molecule has 0 atom stereocenters. The van der Waals surface area contributed by atoms with E-state index in [-0.39, 0.29) is 11.5 Å². The zero-order valence-corrected chi connectivity index (χ0v) is 19.0. The smallest absolute Gasteiger partial charge is 0.192 e. The molecule has 0 aliphatic heterocycles. The fourth-order valence-corrected chi connectivity index (χ4v) is 4.09. The molecule has 0 radical (unpaired) electrons. The van der Waals surface area contributed by atoms with Crippen molar-refractivity contribution < 1.29 is 18.7 Å². The molecule has 0 unspecified atom stereocenters. The lowest BCUT2D eigenvalue weighted by molar-refractivity contribution is 0.102. The molecular formula is C23H20ClN3O4S. The summed E-state index contributed by atoms with van der Waals surface area (Å²) in [5.74, 6) is 2.63. The van der Waals surface area contributed by atoms with E-state index < -0.39 is 0 Å². The molecule has 0 saturated heterocycles. The Morgan fingerprint density at radius 3 is 2.53 bits per heavy atom. The maximum absolute atomic E-state index is 12.8. The lowest BCUT2D eigenvalue weighted by Crippen LogP contribution is -2.07. The third-order valence-corrected chi connectivity index (χ3v) is 5.97. The molecule has 2 aromatic carbocycles. The Labute approximate surface area is 194 Å². The summed E-state index contributed by atoms with van der Waals surface area (Å²) in [6.45, 7) is 0.435. The van der Waals surface area contributed by atoms with Gasteiger partial charge in [0.1, 0.15) is 5.76 Å². The second-order valence-corrected chi connectivity index (χ2v) is 8.14. The number of ketones is 1. The van der Waals surface area contributed by atoms with Crippen LogP contribution in [0.4, 0.5) is 0 Å². The number of rotatable bonds is 9. The number of methoxy groups -OCH3 is 2. The Morgan fingerprint density at radius 2 is 1.84 bits per heavy atom. The quantitative estimate of drug-likeness (QED) is 0.245. The molecule has 2 heterocycles. The molecule has 0 saturated carbocycles. The van der Waals surface area contributed by atoms with Crippen LogP contribution in [-0.2, 0) is 6.54 Å². The van der Waals surface area contributed by atoms with Crippen LogP contribution in [0.5, 0.6) is 11.5 Å². The third-order valence-electron chi connectivity index (χ3n) is 4.75. The maximum Gasteiger partial charge on any atom is 0.192 e. The molecule has 164 valence electrons. The van der Waals surface area contributed by atoms with Crippen molar-refractivity contribution in [2.45, 2.75) is 11.7 Å². The highest BCUT2D eigenvalue weighted by Crippen LogP contribution is 2.30. The molecular weight excluding hydrogens is 450 g/mol. The van der Waals surface area contributed by atoms with Gasteiger partial charge >= 0.3 is 0 Å². The molecule has 0 amide bonds. The minimum Gasteiger partial charge on any atom is -0.493 e. The second kappa shape index (κ2) is 9.93. The first-order chi connectivity index (χ1) is 15.6. The van der Waals surface area contributed by atoms with Crippen LogP contribution in [0.15, 0.2) is 70.4 Å². The van der Waals surface area contributed by atoms with Crippen LogP contribution in [0.1, 0.15) is 16.1 Å². The van der Waals surface area contributed by atoms with Crippen molar-refractivity contribution in [3.63, 3.8) is 0 Å². The fraction of sp³-hybridized carbons (Fsp3) is 0.174. The Morgan fingerprint density at radius 1 is 1.06 bits per heavy atom. The van der Waals surface area contributed by atoms with Gasteiger partial charge in [-0.05, 0) is 54.6 Å². The first kappa shape index (κ1) is 22.0. The number of nitrogens with zero attached hydrogens (tertiary/aromatic N) is 3. The van der Waals surface area contributed by atoms with Crippen LogP contribution in [0, 0.1) is 0 Å². The van der Waals surface area contributed by atoms with Gasteiger partial charge in [-0.3, -0.25) is 9.36 Å². The molecule has 0 N–H and O–H groups in total. The van der Waals surface area contributed by atoms with E-state index in [0.717, 1.165) is 11.3 Å². The minimum atomic E-state index is -0.0588. The third kappa shape index (κ3) is 4.81. The number of thioether (sulfide) groups is 1. The van der Waals surface area contributed by atoms with E-state index >= 15 is 0 Å². The van der Waals surface area contributed by atoms with Gasteiger partial charge in [-0.25, -0.2) is 0 Å². The summed E-state index contributed by atoms with van der Waals surface area (Å²) in [4.78, 5) is 12.8. The zero-order valence-electron chi connectivity index (χ0n) is 17.4. The number of aromatic nitrogens is 3. The average Bonchev–Trinajstić information content (AvgIpc) is 3.48. The monoisotopic (exact) mass is 469 g/mol. The maximum atomic E-state index is 12.8. The summed E-state index contributed by atoms with van der Waals surface area (Å²) in [5.41, 5.74) is 1.40. The van der Waals surface area contributed by atoms with Crippen LogP contribution in [0.2, 0.25) is 5.02 Å². The van der Waals surface area contributed by atoms with Crippen molar-refractivity contribution in [2.75, 3.05) is 20.0 Å². The highest BCUT2D eigenvalue weighted by atomic mass is 35.5. The average molecular weight is 470 g/mol. The van der Waals surface area contributed by atoms with Gasteiger partial charge in [0.05, 0.1) is 32.8 Å². The van der Waals surface area contributed by atoms with Gasteiger partial charge in [0.25, 0.3) is 0 Å². The molecule has 0 spiro atoms. The summed E-state index contributed by atoms with van der Waals surface area (Å²) >= 11 is 7.34. The van der Waals surface area contributed by atoms with E-state index in [1.807, 2.05) is 28.8 Å². The zero-order chi connectivity index (χ0) is 22.5. The first-order valence-corrected chi connectivity index (χ1v) is 11.0. The van der Waals surface area contributed by atoms with Crippen molar-refractivity contribution in [3.8, 4) is 22.9 Å². The molecule has 9 heteroatoms. The Bertz CT molecular complexity index is 1210. The number of furan rings is 1. The molecule has 2 aromatic heterocycles. The fourth-order valence-electron chi connectivity index (χ4n) is 3.13. The molecule has 0 bridgehead atoms. The Balaban J connectivity index is 1.58. The van der Waals surface area contributed by atoms with Crippen molar-refractivity contribution in [3.05, 3.63) is 77.2 Å². The molecule has 0 aliphatic carbocycles. The van der Waals surface area contributed by atoms with Gasteiger partial charge in [-0.2, -0.15) is 0 Å². The predicted octanol–water partition coefficient (Wildman–Crippen LogP) is 5.23. The number of ether oxygens (including phenoxy) is 2. The van der Waals surface area contributed by atoms with E-state index in [0.29, 0.717) is 39.6 Å². The molecule has 4 aromatic rings. The van der Waals surface area contributed by atoms with Crippen LogP contribution in [-0.4, -0.2) is 40.5 Å². The summed E-state index contributed by atoms with van der Waals surface area (Å²) < 4.78 is 18.0. The van der Waals surface area contributed by atoms with Crippen LogP contribution < -0.4 is 9.47 Å². The summed E-state index contributed by atoms with van der Waals surface area (Å²) in [6.07, 6.45) is 1.62. The standard InChI is InChI=1S/C23H20ClN3O4S/c1-29-20-10-7-16(12-21(20)30-2)19(28)14-32-23-26-25-22(15-5-8-17(24)9-6-15)27(23)13-18-4-3-11-31-18/h3-12H,13-14H2,1-2H3. The van der Waals surface area contributed by atoms with Gasteiger partial charge in [-0.1, -0.05) is 23.4 Å². The second-order valence-electron chi connectivity index (χ2n) is 6.76. The highest BCUT2D eigenvalue weighted by molar-refractivity contribution is 7.99. The van der Waals surface area contributed by atoms with Gasteiger partial charge < -0.3 is 13.9 Å². The van der Waals surface area contributed by atoms with Crippen LogP contribution in [0.3, 0.4) is 0 Å².